The van der Waals surface area contributed by atoms with Gasteiger partial charge in [-0.1, -0.05) is 0 Å². The molecule has 0 atom stereocenters. The first-order chi connectivity index (χ1) is 0. The van der Waals surface area contributed by atoms with Crippen molar-refractivity contribution in [3.8, 4) is 0 Å². The summed E-state index contributed by atoms with van der Waals surface area (Å²) in [6.45, 7) is 0. The van der Waals surface area contributed by atoms with E-state index in [0.29, 0.717) is 0 Å². The van der Waals surface area contributed by atoms with Crippen LogP contribution < -0.4 is 112 Å². The molecule has 0 aromatic carbocycles. The molecule has 0 heterocycles. The minimum atomic E-state index is 0. The molecule has 0 aromatic rings. The zero-order valence-corrected chi connectivity index (χ0v) is 19.5. The summed E-state index contributed by atoms with van der Waals surface area (Å²) in [6, 6.07) is 0. The third kappa shape index (κ3) is 128. The average molecular weight is 878 g/mol. The molecule has 0 aliphatic heterocycles. The summed E-state index contributed by atoms with van der Waals surface area (Å²) in [7, 11) is 0. The van der Waals surface area contributed by atoms with Gasteiger partial charge >= 0.3 is 0 Å². The molecule has 12 heavy (non-hydrogen) atoms. The Morgan fingerprint density at radius 3 is 0.167 bits per heavy atom. The van der Waals surface area contributed by atoms with Gasteiger partial charge in [0.25, 0.3) is 0 Å². The van der Waals surface area contributed by atoms with Crippen molar-refractivity contribution in [3.05, 3.63) is 0 Å². The number of hydrogen-bond acceptors (Lipinski definition) is 0. The largest absolute Gasteiger partial charge is 1.00 e. The average Bonchev–Trinajstić information content (AvgIpc) is 0. The molecule has 0 unspecified atom stereocenters. The van der Waals surface area contributed by atoms with Gasteiger partial charge in [0.15, 0.2) is 0 Å². The maximum atomic E-state index is 0. The Bertz CT molecular complexity index is 9.74. The van der Waals surface area contributed by atoms with Crippen LogP contribution in [0.4, 0.5) is 0 Å². The second kappa shape index (κ2) is 157. The van der Waals surface area contributed by atoms with Crippen LogP contribution in [0.1, 0.15) is 0 Å². The first-order valence-electron chi connectivity index (χ1n) is 0. The SMILES string of the molecule is [Cl-].[Cl-].[Cl-].[Cl-].[Cl-].[Cl-].[Cl-].[Cl-].[Cl-].[Re].[Re].[Re]. The molecule has 0 fully saturated rings. The predicted molar refractivity (Wildman–Crippen MR) is 0 cm³/mol. The summed E-state index contributed by atoms with van der Waals surface area (Å²) in [5.41, 5.74) is 0. The van der Waals surface area contributed by atoms with Crippen LogP contribution in [-0.2, 0) is 61.3 Å². The molecule has 0 spiro atoms. The molecule has 0 rings (SSSR count). The monoisotopic (exact) mass is 876 g/mol. The maximum Gasteiger partial charge on any atom is 0 e. The van der Waals surface area contributed by atoms with E-state index >= 15 is 0 Å². The first kappa shape index (κ1) is 191. The van der Waals surface area contributed by atoms with Crippen molar-refractivity contribution < 1.29 is 173 Å². The van der Waals surface area contributed by atoms with Crippen molar-refractivity contribution in [1.29, 1.82) is 0 Å². The third-order valence-corrected chi connectivity index (χ3v) is 0. The van der Waals surface area contributed by atoms with Crippen LogP contribution in [0.2, 0.25) is 0 Å². The summed E-state index contributed by atoms with van der Waals surface area (Å²) in [6.07, 6.45) is 0. The van der Waals surface area contributed by atoms with Crippen molar-refractivity contribution in [1.82, 2.24) is 0 Å². The third-order valence-electron chi connectivity index (χ3n) is 0. The normalized spacial score (nSPS) is 0. The summed E-state index contributed by atoms with van der Waals surface area (Å²) in [5, 5.41) is 0. The van der Waals surface area contributed by atoms with Gasteiger partial charge in [-0.05, 0) is 0 Å². The second-order valence-corrected chi connectivity index (χ2v) is 0. The number of halogens is 9. The van der Waals surface area contributed by atoms with Crippen LogP contribution in [0.3, 0.4) is 0 Å². The predicted octanol–water partition coefficient (Wildman–Crippen LogP) is -27.0. The topological polar surface area (TPSA) is 0 Å². The standard InChI is InChI=1S/9ClH.3Re/h9*1H;;;/p-9. The van der Waals surface area contributed by atoms with Gasteiger partial charge in [-0.3, -0.25) is 0 Å². The zero-order valence-electron chi connectivity index (χ0n) is 4.54. The van der Waals surface area contributed by atoms with E-state index in [1.54, 1.807) is 0 Å². The van der Waals surface area contributed by atoms with Crippen LogP contribution in [0, 0.1) is 0 Å². The molecule has 0 N–H and O–H groups in total. The van der Waals surface area contributed by atoms with Gasteiger partial charge in [0.1, 0.15) is 0 Å². The van der Waals surface area contributed by atoms with Gasteiger partial charge < -0.3 is 112 Å². The molecule has 0 nitrogen and oxygen atoms in total. The zero-order chi connectivity index (χ0) is 0. The summed E-state index contributed by atoms with van der Waals surface area (Å²) >= 11 is 0. The van der Waals surface area contributed by atoms with Gasteiger partial charge in [0.05, 0.1) is 0 Å². The van der Waals surface area contributed by atoms with Gasteiger partial charge in [0, 0.05) is 61.3 Å². The van der Waals surface area contributed by atoms with Crippen molar-refractivity contribution in [2.24, 2.45) is 0 Å². The van der Waals surface area contributed by atoms with E-state index in [9.17, 15) is 0 Å². The van der Waals surface area contributed by atoms with Crippen molar-refractivity contribution >= 4 is 0 Å². The minimum Gasteiger partial charge on any atom is -1.00 e. The molecule has 0 amide bonds. The second-order valence-electron chi connectivity index (χ2n) is 0. The van der Waals surface area contributed by atoms with Crippen molar-refractivity contribution in [3.63, 3.8) is 0 Å². The van der Waals surface area contributed by atoms with E-state index in [0.717, 1.165) is 0 Å². The minimum absolute atomic E-state index is 0. The Balaban J connectivity index is 0. The molecule has 0 saturated carbocycles. The summed E-state index contributed by atoms with van der Waals surface area (Å²) in [4.78, 5) is 0. The molecule has 0 bridgehead atoms. The van der Waals surface area contributed by atoms with Crippen molar-refractivity contribution in [2.75, 3.05) is 0 Å². The van der Waals surface area contributed by atoms with E-state index in [4.69, 9.17) is 0 Å². The Hall–Kier alpha value is 4.60. The fraction of sp³-hybridized carbons (Fsp3) is 0. The molecular weight excluding hydrogens is 878 g/mol. The Morgan fingerprint density at radius 2 is 0.167 bits per heavy atom. The maximum absolute atomic E-state index is 0. The van der Waals surface area contributed by atoms with Crippen LogP contribution in [0.5, 0.6) is 0 Å². The Kier molecular flexibility index (Phi) is 2500. The fourth-order valence-corrected chi connectivity index (χ4v) is 0. The van der Waals surface area contributed by atoms with Crippen LogP contribution in [-0.4, -0.2) is 0 Å². The number of hydrogen-bond donors (Lipinski definition) is 0. The van der Waals surface area contributed by atoms with Gasteiger partial charge in [-0.25, -0.2) is 0 Å². The molecule has 3 radical (unpaired) electrons. The van der Waals surface area contributed by atoms with E-state index < -0.39 is 0 Å². The molecule has 0 aromatic heterocycles. The molecule has 0 aliphatic carbocycles. The van der Waals surface area contributed by atoms with E-state index in [-0.39, 0.29) is 173 Å². The molecule has 12 heteroatoms. The van der Waals surface area contributed by atoms with Crippen LogP contribution in [0.15, 0.2) is 0 Å². The molecule has 93 valence electrons. The van der Waals surface area contributed by atoms with Gasteiger partial charge in [-0.2, -0.15) is 0 Å². The fourth-order valence-electron chi connectivity index (χ4n) is 0. The Morgan fingerprint density at radius 1 is 0.167 bits per heavy atom. The first-order valence-corrected chi connectivity index (χ1v) is 0. The molecule has 0 aliphatic rings. The summed E-state index contributed by atoms with van der Waals surface area (Å²) < 4.78 is 0. The molecule has 0 saturated heterocycles. The summed E-state index contributed by atoms with van der Waals surface area (Å²) in [5.74, 6) is 0. The van der Waals surface area contributed by atoms with Crippen LogP contribution in [0.25, 0.3) is 0 Å². The van der Waals surface area contributed by atoms with E-state index in [1.165, 1.54) is 0 Å². The van der Waals surface area contributed by atoms with Crippen molar-refractivity contribution in [2.45, 2.75) is 0 Å². The van der Waals surface area contributed by atoms with Gasteiger partial charge in [0.2, 0.25) is 0 Å². The van der Waals surface area contributed by atoms with E-state index in [1.807, 2.05) is 0 Å². The van der Waals surface area contributed by atoms with Crippen LogP contribution >= 0.6 is 0 Å². The number of rotatable bonds is 0. The van der Waals surface area contributed by atoms with E-state index in [2.05, 4.69) is 0 Å². The molecular formula is Cl9Re3-9. The Labute approximate surface area is 170 Å². The smallest absolute Gasteiger partial charge is 0 e. The van der Waals surface area contributed by atoms with Gasteiger partial charge in [-0.15, -0.1) is 0 Å². The quantitative estimate of drug-likeness (QED) is 0.227.